The Hall–Kier alpha value is -2.28. The first-order chi connectivity index (χ1) is 9.99. The number of nitrogens with one attached hydrogen (secondary N) is 1. The monoisotopic (exact) mass is 295 g/mol. The molecule has 7 heteroatoms. The fraction of sp³-hybridized carbons (Fsp3) is 0.429. The van der Waals surface area contributed by atoms with Gasteiger partial charge in [0.05, 0.1) is 25.9 Å². The Balaban J connectivity index is 2.63. The van der Waals surface area contributed by atoms with Gasteiger partial charge in [0.2, 0.25) is 5.91 Å². The topological polar surface area (TPSA) is 93.9 Å². The number of carbonyl (C=O) groups excluding carboxylic acids is 2. The molecule has 0 aliphatic carbocycles. The molecule has 0 atom stereocenters. The van der Waals surface area contributed by atoms with E-state index in [2.05, 4.69) is 5.32 Å². The molecule has 0 saturated carbocycles. The van der Waals surface area contributed by atoms with E-state index in [1.54, 1.807) is 32.4 Å². The van der Waals surface area contributed by atoms with Crippen LogP contribution in [0.25, 0.3) is 0 Å². The molecule has 0 bridgehead atoms. The number of amides is 2. The highest BCUT2D eigenvalue weighted by Crippen LogP contribution is 2.22. The molecule has 1 rings (SSSR count). The molecule has 0 aliphatic heterocycles. The summed E-state index contributed by atoms with van der Waals surface area (Å²) >= 11 is 0. The first-order valence-electron chi connectivity index (χ1n) is 6.44. The van der Waals surface area contributed by atoms with Gasteiger partial charge in [-0.3, -0.25) is 9.59 Å². The molecule has 0 aromatic heterocycles. The maximum Gasteiger partial charge on any atom is 0.254 e. The van der Waals surface area contributed by atoms with E-state index in [-0.39, 0.29) is 18.4 Å². The van der Waals surface area contributed by atoms with Crippen molar-refractivity contribution >= 4 is 17.5 Å². The van der Waals surface area contributed by atoms with Crippen molar-refractivity contribution in [3.05, 3.63) is 23.8 Å². The predicted octanol–water partition coefficient (Wildman–Crippen LogP) is 0.112. The van der Waals surface area contributed by atoms with E-state index in [1.165, 1.54) is 12.0 Å². The minimum atomic E-state index is -0.282. The molecule has 21 heavy (non-hydrogen) atoms. The molecule has 0 heterocycles. The summed E-state index contributed by atoms with van der Waals surface area (Å²) in [5.74, 6) is -0.0979. The minimum absolute atomic E-state index is 0.0325. The lowest BCUT2D eigenvalue weighted by Crippen LogP contribution is -2.39. The van der Waals surface area contributed by atoms with E-state index in [4.69, 9.17) is 15.2 Å². The fourth-order valence-electron chi connectivity index (χ4n) is 1.70. The molecular weight excluding hydrogens is 274 g/mol. The summed E-state index contributed by atoms with van der Waals surface area (Å²) in [4.78, 5) is 25.2. The predicted molar refractivity (Wildman–Crippen MR) is 79.3 cm³/mol. The number of methoxy groups -OCH3 is 2. The van der Waals surface area contributed by atoms with E-state index in [0.29, 0.717) is 30.2 Å². The number of nitrogen functional groups attached to an aromatic ring is 1. The molecule has 7 nitrogen and oxygen atoms in total. The Morgan fingerprint density at radius 3 is 2.67 bits per heavy atom. The van der Waals surface area contributed by atoms with Crippen molar-refractivity contribution in [2.45, 2.75) is 0 Å². The SMILES string of the molecule is COCCNC(=O)CN(C)C(=O)c1ccc(N)c(OC)c1. The average Bonchev–Trinajstić information content (AvgIpc) is 2.47. The number of hydrogen-bond donors (Lipinski definition) is 2. The second-order valence-electron chi connectivity index (χ2n) is 4.46. The molecule has 0 radical (unpaired) electrons. The molecule has 0 saturated heterocycles. The molecule has 2 amide bonds. The second-order valence-corrected chi connectivity index (χ2v) is 4.46. The first-order valence-corrected chi connectivity index (χ1v) is 6.44. The third kappa shape index (κ3) is 4.96. The normalized spacial score (nSPS) is 10.0. The summed E-state index contributed by atoms with van der Waals surface area (Å²) in [7, 11) is 4.59. The van der Waals surface area contributed by atoms with Gasteiger partial charge in [-0.2, -0.15) is 0 Å². The molecule has 116 valence electrons. The Kier molecular flexibility index (Phi) is 6.48. The van der Waals surface area contributed by atoms with Gasteiger partial charge >= 0.3 is 0 Å². The third-order valence-corrected chi connectivity index (χ3v) is 2.84. The quantitative estimate of drug-likeness (QED) is 0.550. The number of rotatable bonds is 7. The van der Waals surface area contributed by atoms with E-state index in [1.807, 2.05) is 0 Å². The highest BCUT2D eigenvalue weighted by Gasteiger charge is 2.16. The van der Waals surface area contributed by atoms with Crippen LogP contribution in [0.1, 0.15) is 10.4 Å². The van der Waals surface area contributed by atoms with Gasteiger partial charge in [-0.05, 0) is 18.2 Å². The number of benzene rings is 1. The van der Waals surface area contributed by atoms with E-state index in [9.17, 15) is 9.59 Å². The summed E-state index contributed by atoms with van der Waals surface area (Å²) in [5.41, 5.74) is 6.56. The van der Waals surface area contributed by atoms with Crippen LogP contribution in [0.3, 0.4) is 0 Å². The number of nitrogens with zero attached hydrogens (tertiary/aromatic N) is 1. The van der Waals surface area contributed by atoms with Crippen LogP contribution in [0.5, 0.6) is 5.75 Å². The first kappa shape index (κ1) is 16.8. The van der Waals surface area contributed by atoms with Gasteiger partial charge in [-0.15, -0.1) is 0 Å². The van der Waals surface area contributed by atoms with Gasteiger partial charge in [0.15, 0.2) is 0 Å². The zero-order valence-corrected chi connectivity index (χ0v) is 12.5. The zero-order valence-electron chi connectivity index (χ0n) is 12.5. The summed E-state index contributed by atoms with van der Waals surface area (Å²) in [6.45, 7) is 0.806. The maximum atomic E-state index is 12.2. The lowest BCUT2D eigenvalue weighted by Gasteiger charge is -2.17. The van der Waals surface area contributed by atoms with Crippen LogP contribution in [-0.4, -0.2) is 57.7 Å². The van der Waals surface area contributed by atoms with Crippen LogP contribution in [-0.2, 0) is 9.53 Å². The summed E-state index contributed by atoms with van der Waals surface area (Å²) in [6.07, 6.45) is 0. The molecular formula is C14H21N3O4. The third-order valence-electron chi connectivity index (χ3n) is 2.84. The van der Waals surface area contributed by atoms with Crippen LogP contribution in [0.4, 0.5) is 5.69 Å². The summed E-state index contributed by atoms with van der Waals surface area (Å²) < 4.78 is 9.90. The standard InChI is InChI=1S/C14H21N3O4/c1-17(9-13(18)16-6-7-20-2)14(19)10-4-5-11(15)12(8-10)21-3/h4-5,8H,6-7,9,15H2,1-3H3,(H,16,18). The Morgan fingerprint density at radius 2 is 2.05 bits per heavy atom. The van der Waals surface area contributed by atoms with Crippen molar-refractivity contribution in [2.24, 2.45) is 0 Å². The largest absolute Gasteiger partial charge is 0.495 e. The molecule has 1 aromatic carbocycles. The van der Waals surface area contributed by atoms with E-state index < -0.39 is 0 Å². The van der Waals surface area contributed by atoms with Crippen molar-refractivity contribution in [3.63, 3.8) is 0 Å². The van der Waals surface area contributed by atoms with Crippen LogP contribution in [0, 0.1) is 0 Å². The highest BCUT2D eigenvalue weighted by molar-refractivity contribution is 5.97. The second kappa shape index (κ2) is 8.11. The molecule has 0 unspecified atom stereocenters. The summed E-state index contributed by atoms with van der Waals surface area (Å²) in [6, 6.07) is 4.75. The van der Waals surface area contributed by atoms with Crippen molar-refractivity contribution in [3.8, 4) is 5.75 Å². The Bertz CT molecular complexity index is 505. The Morgan fingerprint density at radius 1 is 1.33 bits per heavy atom. The maximum absolute atomic E-state index is 12.2. The average molecular weight is 295 g/mol. The van der Waals surface area contributed by atoms with Gasteiger partial charge in [-0.1, -0.05) is 0 Å². The van der Waals surface area contributed by atoms with Gasteiger partial charge in [0, 0.05) is 26.3 Å². The van der Waals surface area contributed by atoms with Crippen molar-refractivity contribution < 1.29 is 19.1 Å². The number of hydrogen-bond acceptors (Lipinski definition) is 5. The molecule has 0 aliphatic rings. The van der Waals surface area contributed by atoms with Crippen molar-refractivity contribution in [1.29, 1.82) is 0 Å². The molecule has 1 aromatic rings. The molecule has 3 N–H and O–H groups in total. The number of ether oxygens (including phenoxy) is 2. The number of likely N-dealkylation sites (N-methyl/N-ethyl adjacent to an activating group) is 1. The molecule has 0 spiro atoms. The fourth-order valence-corrected chi connectivity index (χ4v) is 1.70. The van der Waals surface area contributed by atoms with Gasteiger partial charge in [-0.25, -0.2) is 0 Å². The van der Waals surface area contributed by atoms with Gasteiger partial charge in [0.1, 0.15) is 5.75 Å². The van der Waals surface area contributed by atoms with Crippen LogP contribution in [0.2, 0.25) is 0 Å². The minimum Gasteiger partial charge on any atom is -0.495 e. The lowest BCUT2D eigenvalue weighted by atomic mass is 10.1. The van der Waals surface area contributed by atoms with E-state index >= 15 is 0 Å². The van der Waals surface area contributed by atoms with Crippen molar-refractivity contribution in [2.75, 3.05) is 46.7 Å². The van der Waals surface area contributed by atoms with E-state index in [0.717, 1.165) is 0 Å². The number of anilines is 1. The van der Waals surface area contributed by atoms with Crippen molar-refractivity contribution in [1.82, 2.24) is 10.2 Å². The van der Waals surface area contributed by atoms with Crippen LogP contribution >= 0.6 is 0 Å². The number of carbonyl (C=O) groups is 2. The van der Waals surface area contributed by atoms with Gasteiger partial charge < -0.3 is 25.4 Å². The lowest BCUT2D eigenvalue weighted by molar-refractivity contribution is -0.121. The zero-order chi connectivity index (χ0) is 15.8. The number of nitrogens with two attached hydrogens (primary N) is 1. The van der Waals surface area contributed by atoms with Gasteiger partial charge in [0.25, 0.3) is 5.91 Å². The molecule has 0 fully saturated rings. The smallest absolute Gasteiger partial charge is 0.254 e. The van der Waals surface area contributed by atoms with Crippen LogP contribution < -0.4 is 15.8 Å². The Labute approximate surface area is 124 Å². The highest BCUT2D eigenvalue weighted by atomic mass is 16.5. The summed E-state index contributed by atoms with van der Waals surface area (Å²) in [5, 5.41) is 2.65. The van der Waals surface area contributed by atoms with Crippen LogP contribution in [0.15, 0.2) is 18.2 Å².